The number of carboxylic acid groups (broad SMARTS) is 1. The third-order valence-electron chi connectivity index (χ3n) is 4.45. The summed E-state index contributed by atoms with van der Waals surface area (Å²) < 4.78 is 0. The Morgan fingerprint density at radius 1 is 0.958 bits per heavy atom. The predicted molar refractivity (Wildman–Crippen MR) is 95.1 cm³/mol. The lowest BCUT2D eigenvalue weighted by Gasteiger charge is -2.29. The summed E-state index contributed by atoms with van der Waals surface area (Å²) in [5, 5.41) is 10.0. The Bertz CT molecular complexity index is 664. The van der Waals surface area contributed by atoms with Gasteiger partial charge in [0.1, 0.15) is 5.78 Å². The average Bonchev–Trinajstić information content (AvgIpc) is 2.60. The van der Waals surface area contributed by atoms with Gasteiger partial charge in [-0.25, -0.2) is 0 Å². The molecule has 1 atom stereocenters. The van der Waals surface area contributed by atoms with Crippen LogP contribution in [0.1, 0.15) is 43.7 Å². The minimum Gasteiger partial charge on any atom is -0.481 e. The van der Waals surface area contributed by atoms with Crippen molar-refractivity contribution in [3.05, 3.63) is 71.8 Å². The molecule has 0 aliphatic carbocycles. The number of carbonyl (C=O) groups is 2. The Labute approximate surface area is 143 Å². The summed E-state index contributed by atoms with van der Waals surface area (Å²) in [6.45, 7) is 1.94. The van der Waals surface area contributed by atoms with Gasteiger partial charge in [0, 0.05) is 12.8 Å². The molecule has 0 bridgehead atoms. The molecule has 0 aliphatic heterocycles. The van der Waals surface area contributed by atoms with Gasteiger partial charge < -0.3 is 5.11 Å². The van der Waals surface area contributed by atoms with Crippen molar-refractivity contribution in [2.75, 3.05) is 0 Å². The Hall–Kier alpha value is -2.42. The lowest BCUT2D eigenvalue weighted by molar-refractivity contribution is -0.146. The highest BCUT2D eigenvalue weighted by Crippen LogP contribution is 2.34. The molecule has 0 saturated carbocycles. The monoisotopic (exact) mass is 324 g/mol. The smallest absolute Gasteiger partial charge is 0.314 e. The maximum atomic E-state index is 12.3. The zero-order valence-electron chi connectivity index (χ0n) is 14.1. The van der Waals surface area contributed by atoms with Gasteiger partial charge in [-0.15, -0.1) is 0 Å². The fourth-order valence-electron chi connectivity index (χ4n) is 3.10. The number of aliphatic carboxylic acids is 1. The molecule has 3 heteroatoms. The zero-order valence-corrected chi connectivity index (χ0v) is 14.1. The van der Waals surface area contributed by atoms with Crippen molar-refractivity contribution in [3.8, 4) is 0 Å². The first-order valence-electron chi connectivity index (χ1n) is 8.43. The van der Waals surface area contributed by atoms with E-state index in [0.717, 1.165) is 12.0 Å². The van der Waals surface area contributed by atoms with E-state index < -0.39 is 11.4 Å². The molecule has 0 aliphatic rings. The lowest BCUT2D eigenvalue weighted by atomic mass is 9.72. The first-order valence-corrected chi connectivity index (χ1v) is 8.43. The van der Waals surface area contributed by atoms with Gasteiger partial charge in [-0.1, -0.05) is 67.6 Å². The first kappa shape index (κ1) is 17.9. The van der Waals surface area contributed by atoms with Crippen molar-refractivity contribution < 1.29 is 14.7 Å². The molecule has 2 aromatic carbocycles. The normalized spacial score (nSPS) is 13.2. The highest BCUT2D eigenvalue weighted by Gasteiger charge is 2.41. The van der Waals surface area contributed by atoms with Crippen molar-refractivity contribution in [2.24, 2.45) is 0 Å². The van der Waals surface area contributed by atoms with Crippen molar-refractivity contribution in [2.45, 2.75) is 44.4 Å². The molecule has 0 fully saturated rings. The minimum absolute atomic E-state index is 0.0109. The number of carbonyl (C=O) groups excluding carboxylic acids is 1. The van der Waals surface area contributed by atoms with Crippen molar-refractivity contribution >= 4 is 11.8 Å². The van der Waals surface area contributed by atoms with Gasteiger partial charge >= 0.3 is 5.97 Å². The highest BCUT2D eigenvalue weighted by atomic mass is 16.4. The molecule has 3 nitrogen and oxygen atoms in total. The molecule has 0 heterocycles. The Balaban J connectivity index is 2.34. The van der Waals surface area contributed by atoms with E-state index in [1.165, 1.54) is 0 Å². The van der Waals surface area contributed by atoms with E-state index in [1.807, 2.05) is 67.6 Å². The molecule has 24 heavy (non-hydrogen) atoms. The van der Waals surface area contributed by atoms with Crippen LogP contribution in [0.2, 0.25) is 0 Å². The molecular formula is C21H24O3. The number of hydrogen-bond acceptors (Lipinski definition) is 2. The second kappa shape index (κ2) is 8.44. The van der Waals surface area contributed by atoms with E-state index in [9.17, 15) is 14.7 Å². The average molecular weight is 324 g/mol. The lowest BCUT2D eigenvalue weighted by Crippen LogP contribution is -2.38. The number of hydrogen-bond donors (Lipinski definition) is 1. The molecule has 2 aromatic rings. The fraction of sp³-hybridized carbons (Fsp3) is 0.333. The number of carboxylic acids is 1. The highest BCUT2D eigenvalue weighted by molar-refractivity contribution is 5.90. The van der Waals surface area contributed by atoms with Gasteiger partial charge in [0.05, 0.1) is 5.41 Å². The number of benzene rings is 2. The van der Waals surface area contributed by atoms with Gasteiger partial charge in [0.25, 0.3) is 0 Å². The van der Waals surface area contributed by atoms with E-state index in [2.05, 4.69) is 0 Å². The third kappa shape index (κ3) is 4.31. The predicted octanol–water partition coefficient (Wildman–Crippen LogP) is 4.40. The van der Waals surface area contributed by atoms with E-state index >= 15 is 0 Å². The number of ketones is 1. The van der Waals surface area contributed by atoms with Crippen LogP contribution < -0.4 is 0 Å². The molecular weight excluding hydrogens is 300 g/mol. The quantitative estimate of drug-likeness (QED) is 0.744. The summed E-state index contributed by atoms with van der Waals surface area (Å²) in [6, 6.07) is 19.0. The van der Waals surface area contributed by atoms with Gasteiger partial charge in [-0.3, -0.25) is 9.59 Å². The molecule has 1 unspecified atom stereocenters. The Morgan fingerprint density at radius 3 is 2.08 bits per heavy atom. The van der Waals surface area contributed by atoms with Crippen molar-refractivity contribution in [1.29, 1.82) is 0 Å². The van der Waals surface area contributed by atoms with Crippen LogP contribution in [-0.4, -0.2) is 16.9 Å². The molecule has 0 amide bonds. The third-order valence-corrected chi connectivity index (χ3v) is 4.45. The topological polar surface area (TPSA) is 54.4 Å². The summed E-state index contributed by atoms with van der Waals surface area (Å²) in [6.07, 6.45) is 2.25. The number of rotatable bonds is 9. The van der Waals surface area contributed by atoms with Crippen LogP contribution >= 0.6 is 0 Å². The molecule has 0 aromatic heterocycles. The van der Waals surface area contributed by atoms with Crippen molar-refractivity contribution in [3.63, 3.8) is 0 Å². The van der Waals surface area contributed by atoms with Crippen LogP contribution in [-0.2, 0) is 21.4 Å². The summed E-state index contributed by atoms with van der Waals surface area (Å²) in [7, 11) is 0. The largest absolute Gasteiger partial charge is 0.481 e. The SMILES string of the molecule is CCCC(=O)CC(CCc1ccccc1)(C(=O)O)c1ccccc1. The minimum atomic E-state index is -1.16. The van der Waals surface area contributed by atoms with Gasteiger partial charge in [-0.2, -0.15) is 0 Å². The van der Waals surface area contributed by atoms with E-state index in [0.29, 0.717) is 24.8 Å². The Kier molecular flexibility index (Phi) is 6.30. The number of aryl methyl sites for hydroxylation is 1. The van der Waals surface area contributed by atoms with Crippen molar-refractivity contribution in [1.82, 2.24) is 0 Å². The molecule has 0 spiro atoms. The van der Waals surface area contributed by atoms with Crippen LogP contribution in [0.4, 0.5) is 0 Å². The van der Waals surface area contributed by atoms with Crippen LogP contribution in [0, 0.1) is 0 Å². The van der Waals surface area contributed by atoms with Gasteiger partial charge in [0.15, 0.2) is 0 Å². The second-order valence-electron chi connectivity index (χ2n) is 6.20. The Morgan fingerprint density at radius 2 is 1.54 bits per heavy atom. The standard InChI is InChI=1S/C21H24O3/c1-2-9-19(22)16-21(20(23)24,18-12-7-4-8-13-18)15-14-17-10-5-3-6-11-17/h3-8,10-13H,2,9,14-16H2,1H3,(H,23,24). The van der Waals surface area contributed by atoms with E-state index in [-0.39, 0.29) is 12.2 Å². The fourth-order valence-corrected chi connectivity index (χ4v) is 3.10. The number of Topliss-reactive ketones (excluding diaryl/α,β-unsaturated/α-hetero) is 1. The molecule has 2 rings (SSSR count). The molecule has 0 saturated heterocycles. The maximum absolute atomic E-state index is 12.3. The van der Waals surface area contributed by atoms with E-state index in [1.54, 1.807) is 0 Å². The molecule has 0 radical (unpaired) electrons. The summed E-state index contributed by atoms with van der Waals surface area (Å²) in [5.74, 6) is -0.911. The molecule has 126 valence electrons. The second-order valence-corrected chi connectivity index (χ2v) is 6.20. The van der Waals surface area contributed by atoms with Crippen LogP contribution in [0.15, 0.2) is 60.7 Å². The van der Waals surface area contributed by atoms with Crippen LogP contribution in [0.3, 0.4) is 0 Å². The summed E-state index contributed by atoms with van der Waals surface area (Å²) >= 11 is 0. The summed E-state index contributed by atoms with van der Waals surface area (Å²) in [5.41, 5.74) is 0.628. The zero-order chi connectivity index (χ0) is 17.4. The van der Waals surface area contributed by atoms with E-state index in [4.69, 9.17) is 0 Å². The van der Waals surface area contributed by atoms with Gasteiger partial charge in [0.2, 0.25) is 0 Å². The molecule has 1 N–H and O–H groups in total. The van der Waals surface area contributed by atoms with Crippen LogP contribution in [0.25, 0.3) is 0 Å². The maximum Gasteiger partial charge on any atom is 0.314 e. The van der Waals surface area contributed by atoms with Crippen LogP contribution in [0.5, 0.6) is 0 Å². The first-order chi connectivity index (χ1) is 11.6. The van der Waals surface area contributed by atoms with Gasteiger partial charge in [-0.05, 0) is 30.4 Å². The summed E-state index contributed by atoms with van der Waals surface area (Å²) in [4.78, 5) is 24.5.